The summed E-state index contributed by atoms with van der Waals surface area (Å²) in [7, 11) is 1.65. The summed E-state index contributed by atoms with van der Waals surface area (Å²) in [6.45, 7) is 5.33. The van der Waals surface area contributed by atoms with E-state index in [1.165, 1.54) is 11.3 Å². The van der Waals surface area contributed by atoms with Crippen molar-refractivity contribution in [2.45, 2.75) is 26.7 Å². The minimum absolute atomic E-state index is 0.0585. The number of nitrogens with zero attached hydrogens (tertiary/aromatic N) is 2. The average molecular weight is 388 g/mol. The van der Waals surface area contributed by atoms with Gasteiger partial charge in [-0.2, -0.15) is 0 Å². The maximum atomic E-state index is 12.5. The zero-order valence-electron chi connectivity index (χ0n) is 15.9. The monoisotopic (exact) mass is 387 g/mol. The third-order valence-electron chi connectivity index (χ3n) is 4.49. The normalized spacial score (nSPS) is 16.8. The summed E-state index contributed by atoms with van der Waals surface area (Å²) >= 11 is 1.46. The molecule has 2 amide bonds. The van der Waals surface area contributed by atoms with Gasteiger partial charge in [-0.05, 0) is 23.6 Å². The molecule has 2 heterocycles. The van der Waals surface area contributed by atoms with Crippen LogP contribution in [0, 0.1) is 11.8 Å². The van der Waals surface area contributed by atoms with Crippen LogP contribution in [0.2, 0.25) is 0 Å². The number of methoxy groups -OCH3 is 1. The summed E-state index contributed by atoms with van der Waals surface area (Å²) in [4.78, 5) is 31.7. The molecular formula is C20H25N3O3S. The number of hydrogen-bond acceptors (Lipinski definition) is 5. The van der Waals surface area contributed by atoms with Crippen LogP contribution in [0.1, 0.15) is 30.7 Å². The van der Waals surface area contributed by atoms with Gasteiger partial charge in [-0.25, -0.2) is 4.98 Å². The molecular weight excluding hydrogens is 362 g/mol. The Bertz CT molecular complexity index is 801. The highest BCUT2D eigenvalue weighted by Gasteiger charge is 2.34. The molecule has 3 rings (SSSR count). The first-order chi connectivity index (χ1) is 12.9. The predicted molar refractivity (Wildman–Crippen MR) is 106 cm³/mol. The van der Waals surface area contributed by atoms with Gasteiger partial charge in [-0.3, -0.25) is 9.59 Å². The molecule has 1 unspecified atom stereocenters. The number of carbonyl (C=O) groups is 2. The molecule has 1 fully saturated rings. The van der Waals surface area contributed by atoms with E-state index in [0.29, 0.717) is 24.1 Å². The van der Waals surface area contributed by atoms with E-state index in [1.807, 2.05) is 24.3 Å². The van der Waals surface area contributed by atoms with E-state index in [4.69, 9.17) is 4.74 Å². The summed E-state index contributed by atoms with van der Waals surface area (Å²) < 4.78 is 5.17. The number of hydrogen-bond donors (Lipinski definition) is 1. The molecule has 7 heteroatoms. The van der Waals surface area contributed by atoms with Crippen molar-refractivity contribution in [1.29, 1.82) is 0 Å². The van der Waals surface area contributed by atoms with Gasteiger partial charge < -0.3 is 15.0 Å². The molecule has 1 aromatic heterocycles. The quantitative estimate of drug-likeness (QED) is 0.792. The standard InChI is InChI=1S/C20H25N3O3S/c1-13(2)11-23-12-15(9-18(23)24)19(25)22-20-21-10-17(27-20)8-14-4-6-16(26-3)7-5-14/h4-7,10,13,15H,8-9,11-12H2,1-3H3,(H,21,22,25). The zero-order chi connectivity index (χ0) is 19.4. The molecule has 0 radical (unpaired) electrons. The van der Waals surface area contributed by atoms with Gasteiger partial charge in [0.25, 0.3) is 0 Å². The van der Waals surface area contributed by atoms with Gasteiger partial charge in [0.1, 0.15) is 5.75 Å². The number of rotatable bonds is 7. The molecule has 144 valence electrons. The molecule has 2 aromatic rings. The lowest BCUT2D eigenvalue weighted by atomic mass is 10.1. The van der Waals surface area contributed by atoms with E-state index in [9.17, 15) is 9.59 Å². The lowest BCUT2D eigenvalue weighted by molar-refractivity contribution is -0.128. The molecule has 1 atom stereocenters. The van der Waals surface area contributed by atoms with Crippen molar-refractivity contribution >= 4 is 28.3 Å². The van der Waals surface area contributed by atoms with Gasteiger partial charge in [0, 0.05) is 37.0 Å². The number of benzene rings is 1. The van der Waals surface area contributed by atoms with E-state index in [2.05, 4.69) is 24.1 Å². The summed E-state index contributed by atoms with van der Waals surface area (Å²) in [5.74, 6) is 0.859. The third kappa shape index (κ3) is 5.07. The van der Waals surface area contributed by atoms with Crippen molar-refractivity contribution < 1.29 is 14.3 Å². The number of likely N-dealkylation sites (tertiary alicyclic amines) is 1. The first kappa shape index (κ1) is 19.4. The third-order valence-corrected chi connectivity index (χ3v) is 5.40. The van der Waals surface area contributed by atoms with Crippen LogP contribution in [-0.2, 0) is 16.0 Å². The number of ether oxygens (including phenoxy) is 1. The minimum atomic E-state index is -0.301. The Morgan fingerprint density at radius 1 is 1.37 bits per heavy atom. The highest BCUT2D eigenvalue weighted by atomic mass is 32.1. The average Bonchev–Trinajstić information content (AvgIpc) is 3.22. The van der Waals surface area contributed by atoms with Gasteiger partial charge in [-0.1, -0.05) is 26.0 Å². The molecule has 0 bridgehead atoms. The minimum Gasteiger partial charge on any atom is -0.497 e. The Kier molecular flexibility index (Phi) is 6.11. The number of nitrogens with one attached hydrogen (secondary N) is 1. The molecule has 0 saturated carbocycles. The van der Waals surface area contributed by atoms with Crippen molar-refractivity contribution in [3.8, 4) is 5.75 Å². The summed E-state index contributed by atoms with van der Waals surface area (Å²) in [6.07, 6.45) is 2.82. The summed E-state index contributed by atoms with van der Waals surface area (Å²) in [5, 5.41) is 3.45. The molecule has 1 saturated heterocycles. The fraction of sp³-hybridized carbons (Fsp3) is 0.450. The topological polar surface area (TPSA) is 71.5 Å². The van der Waals surface area contributed by atoms with Crippen LogP contribution in [0.5, 0.6) is 5.75 Å². The number of aromatic nitrogens is 1. The van der Waals surface area contributed by atoms with Crippen LogP contribution in [0.25, 0.3) is 0 Å². The number of carbonyl (C=O) groups excluding carboxylic acids is 2. The summed E-state index contributed by atoms with van der Waals surface area (Å²) in [6, 6.07) is 7.90. The van der Waals surface area contributed by atoms with Gasteiger partial charge in [0.2, 0.25) is 11.8 Å². The Balaban J connectivity index is 1.55. The Labute approximate surface area is 163 Å². The van der Waals surface area contributed by atoms with Crippen LogP contribution in [0.15, 0.2) is 30.5 Å². The second kappa shape index (κ2) is 8.52. The lowest BCUT2D eigenvalue weighted by Gasteiger charge is -2.18. The van der Waals surface area contributed by atoms with Crippen LogP contribution in [0.4, 0.5) is 5.13 Å². The first-order valence-corrected chi connectivity index (χ1v) is 9.92. The molecule has 27 heavy (non-hydrogen) atoms. The zero-order valence-corrected chi connectivity index (χ0v) is 16.7. The van der Waals surface area contributed by atoms with Crippen molar-refractivity contribution in [2.75, 3.05) is 25.5 Å². The fourth-order valence-electron chi connectivity index (χ4n) is 3.16. The maximum absolute atomic E-state index is 12.5. The molecule has 1 N–H and O–H groups in total. The lowest BCUT2D eigenvalue weighted by Crippen LogP contribution is -2.31. The SMILES string of the molecule is COc1ccc(Cc2cnc(NC(=O)C3CC(=O)N(CC(C)C)C3)s2)cc1. The largest absolute Gasteiger partial charge is 0.497 e. The number of anilines is 1. The van der Waals surface area contributed by atoms with Crippen molar-refractivity contribution in [3.63, 3.8) is 0 Å². The molecule has 0 aliphatic carbocycles. The van der Waals surface area contributed by atoms with Crippen LogP contribution >= 0.6 is 11.3 Å². The van der Waals surface area contributed by atoms with Crippen LogP contribution in [-0.4, -0.2) is 41.9 Å². The second-order valence-corrected chi connectivity index (χ2v) is 8.35. The van der Waals surface area contributed by atoms with Gasteiger partial charge in [0.15, 0.2) is 5.13 Å². The molecule has 1 aromatic carbocycles. The van der Waals surface area contributed by atoms with Crippen molar-refractivity contribution in [3.05, 3.63) is 40.9 Å². The van der Waals surface area contributed by atoms with Crippen molar-refractivity contribution in [1.82, 2.24) is 9.88 Å². The summed E-state index contributed by atoms with van der Waals surface area (Å²) in [5.41, 5.74) is 1.16. The number of thiazole rings is 1. The first-order valence-electron chi connectivity index (χ1n) is 9.11. The van der Waals surface area contributed by atoms with E-state index in [1.54, 1.807) is 18.2 Å². The smallest absolute Gasteiger partial charge is 0.231 e. The second-order valence-electron chi connectivity index (χ2n) is 7.24. The van der Waals surface area contributed by atoms with E-state index < -0.39 is 0 Å². The molecule has 1 aliphatic rings. The van der Waals surface area contributed by atoms with Crippen molar-refractivity contribution in [2.24, 2.45) is 11.8 Å². The molecule has 1 aliphatic heterocycles. The molecule has 0 spiro atoms. The maximum Gasteiger partial charge on any atom is 0.231 e. The van der Waals surface area contributed by atoms with Gasteiger partial charge >= 0.3 is 0 Å². The molecule has 6 nitrogen and oxygen atoms in total. The Morgan fingerprint density at radius 3 is 2.78 bits per heavy atom. The van der Waals surface area contributed by atoms with Gasteiger partial charge in [-0.15, -0.1) is 11.3 Å². The van der Waals surface area contributed by atoms with E-state index in [0.717, 1.165) is 22.6 Å². The van der Waals surface area contributed by atoms with E-state index in [-0.39, 0.29) is 24.2 Å². The fourth-order valence-corrected chi connectivity index (χ4v) is 4.01. The highest BCUT2D eigenvalue weighted by molar-refractivity contribution is 7.15. The Morgan fingerprint density at radius 2 is 2.11 bits per heavy atom. The number of amides is 2. The van der Waals surface area contributed by atoms with Crippen LogP contribution < -0.4 is 10.1 Å². The van der Waals surface area contributed by atoms with Crippen LogP contribution in [0.3, 0.4) is 0 Å². The Hall–Kier alpha value is -2.41. The predicted octanol–water partition coefficient (Wildman–Crippen LogP) is 3.19. The van der Waals surface area contributed by atoms with Gasteiger partial charge in [0.05, 0.1) is 13.0 Å². The van der Waals surface area contributed by atoms with E-state index >= 15 is 0 Å². The highest BCUT2D eigenvalue weighted by Crippen LogP contribution is 2.25.